The van der Waals surface area contributed by atoms with Crippen LogP contribution in [0.4, 0.5) is 11.5 Å². The molecule has 5 aromatic rings. The molecule has 6 rings (SSSR count). The summed E-state index contributed by atoms with van der Waals surface area (Å²) in [5, 5.41) is 20.4. The Balaban J connectivity index is 1.38. The quantitative estimate of drug-likeness (QED) is 0.234. The molecule has 3 heterocycles. The van der Waals surface area contributed by atoms with Gasteiger partial charge in [0, 0.05) is 23.5 Å². The molecule has 2 aromatic carbocycles. The van der Waals surface area contributed by atoms with Gasteiger partial charge in [-0.2, -0.15) is 0 Å². The topological polar surface area (TPSA) is 85.0 Å². The third-order valence-corrected chi connectivity index (χ3v) is 7.74. The molecule has 0 aliphatic heterocycles. The zero-order chi connectivity index (χ0) is 27.7. The lowest BCUT2D eigenvalue weighted by atomic mass is 9.95. The number of hydrogen-bond acceptors (Lipinski definition) is 6. The van der Waals surface area contributed by atoms with E-state index in [9.17, 15) is 0 Å². The number of anilines is 2. The number of nitrogens with zero attached hydrogens (tertiary/aromatic N) is 6. The zero-order valence-corrected chi connectivity index (χ0v) is 23.8. The van der Waals surface area contributed by atoms with Gasteiger partial charge in [0.15, 0.2) is 5.82 Å². The van der Waals surface area contributed by atoms with Gasteiger partial charge in [-0.25, -0.2) is 9.67 Å². The summed E-state index contributed by atoms with van der Waals surface area (Å²) >= 11 is 0. The van der Waals surface area contributed by atoms with Crippen LogP contribution in [0.15, 0.2) is 72.9 Å². The van der Waals surface area contributed by atoms with Gasteiger partial charge in [0.1, 0.15) is 23.2 Å². The van der Waals surface area contributed by atoms with Crippen LogP contribution < -0.4 is 10.6 Å². The fourth-order valence-corrected chi connectivity index (χ4v) is 5.57. The minimum absolute atomic E-state index is 0.230. The molecule has 1 saturated carbocycles. The first-order valence-electron chi connectivity index (χ1n) is 14.3. The summed E-state index contributed by atoms with van der Waals surface area (Å²) in [7, 11) is 0. The van der Waals surface area contributed by atoms with Crippen LogP contribution in [0, 0.1) is 6.92 Å². The highest BCUT2D eigenvalue weighted by atomic mass is 15.6. The van der Waals surface area contributed by atoms with Gasteiger partial charge in [0.25, 0.3) is 0 Å². The molecule has 3 aromatic heterocycles. The second-order valence-corrected chi connectivity index (χ2v) is 11.9. The Hall–Kier alpha value is -4.20. The maximum Gasteiger partial charge on any atom is 0.178 e. The Morgan fingerprint density at radius 1 is 0.900 bits per heavy atom. The Labute approximate surface area is 235 Å². The molecule has 0 bridgehead atoms. The van der Waals surface area contributed by atoms with Crippen molar-refractivity contribution in [2.45, 2.75) is 77.4 Å². The summed E-state index contributed by atoms with van der Waals surface area (Å²) in [6, 6.07) is 23.5. The van der Waals surface area contributed by atoms with Crippen LogP contribution in [0.1, 0.15) is 75.9 Å². The monoisotopic (exact) mass is 534 g/mol. The highest BCUT2D eigenvalue weighted by Gasteiger charge is 2.27. The van der Waals surface area contributed by atoms with E-state index in [4.69, 9.17) is 4.98 Å². The minimum Gasteiger partial charge on any atom is -0.371 e. The van der Waals surface area contributed by atoms with Crippen LogP contribution in [-0.4, -0.2) is 35.6 Å². The average Bonchev–Trinajstić information content (AvgIpc) is 3.60. The predicted molar refractivity (Wildman–Crippen MR) is 161 cm³/mol. The van der Waals surface area contributed by atoms with Crippen LogP contribution in [0.25, 0.3) is 16.9 Å². The highest BCUT2D eigenvalue weighted by Crippen LogP contribution is 2.34. The molecule has 8 nitrogen and oxygen atoms in total. The van der Waals surface area contributed by atoms with Crippen molar-refractivity contribution in [2.75, 3.05) is 10.6 Å². The summed E-state index contributed by atoms with van der Waals surface area (Å²) in [5.74, 6) is 1.84. The van der Waals surface area contributed by atoms with Crippen LogP contribution in [0.5, 0.6) is 0 Å². The van der Waals surface area contributed by atoms with Crippen LogP contribution in [-0.2, 0) is 5.54 Å². The van der Waals surface area contributed by atoms with E-state index in [0.29, 0.717) is 6.04 Å². The molecule has 0 radical (unpaired) electrons. The number of tetrazole rings is 1. The standard InChI is InChI=1S/C32H38N8/c1-22-13-19-26(20-14-22)33-29(31-36-37-38-40(31)32(2,3)4)24-17-15-23(16-18-24)28-30(34-25-10-6-5-7-11-25)39-21-9-8-12-27(39)35-28/h8-9,12-21,25,29,33-34H,5-7,10-11H2,1-4H3. The molecule has 0 saturated heterocycles. The van der Waals surface area contributed by atoms with E-state index in [-0.39, 0.29) is 11.6 Å². The number of pyridine rings is 1. The molecule has 1 unspecified atom stereocenters. The van der Waals surface area contributed by atoms with Gasteiger partial charge in [-0.3, -0.25) is 4.40 Å². The van der Waals surface area contributed by atoms with E-state index < -0.39 is 0 Å². The lowest BCUT2D eigenvalue weighted by molar-refractivity contribution is 0.333. The molecule has 1 fully saturated rings. The molecule has 1 aliphatic rings. The largest absolute Gasteiger partial charge is 0.371 e. The van der Waals surface area contributed by atoms with Crippen molar-refractivity contribution in [3.63, 3.8) is 0 Å². The molecule has 2 N–H and O–H groups in total. The molecule has 0 spiro atoms. The van der Waals surface area contributed by atoms with Gasteiger partial charge < -0.3 is 10.6 Å². The van der Waals surface area contributed by atoms with Crippen LogP contribution in [0.2, 0.25) is 0 Å². The number of rotatable bonds is 7. The SMILES string of the molecule is Cc1ccc(NC(c2ccc(-c3nc4ccccn4c3NC3CCCCC3)cc2)c2nnnn2C(C)(C)C)cc1. The molecular weight excluding hydrogens is 496 g/mol. The molecule has 1 atom stereocenters. The Kier molecular flexibility index (Phi) is 7.00. The normalized spacial score (nSPS) is 15.3. The summed E-state index contributed by atoms with van der Waals surface area (Å²) in [5.41, 5.74) is 6.06. The summed E-state index contributed by atoms with van der Waals surface area (Å²) < 4.78 is 4.08. The van der Waals surface area contributed by atoms with Crippen molar-refractivity contribution >= 4 is 17.2 Å². The van der Waals surface area contributed by atoms with Crippen molar-refractivity contribution in [1.82, 2.24) is 29.6 Å². The van der Waals surface area contributed by atoms with Gasteiger partial charge in [-0.1, -0.05) is 67.3 Å². The van der Waals surface area contributed by atoms with Gasteiger partial charge >= 0.3 is 0 Å². The molecular formula is C32H38N8. The van der Waals surface area contributed by atoms with E-state index >= 15 is 0 Å². The van der Waals surface area contributed by atoms with Crippen molar-refractivity contribution in [3.05, 3.63) is 89.9 Å². The second kappa shape index (κ2) is 10.8. The second-order valence-electron chi connectivity index (χ2n) is 11.9. The van der Waals surface area contributed by atoms with E-state index in [1.807, 2.05) is 10.7 Å². The summed E-state index contributed by atoms with van der Waals surface area (Å²) in [4.78, 5) is 5.04. The molecule has 8 heteroatoms. The number of aryl methyl sites for hydroxylation is 1. The fraction of sp³-hybridized carbons (Fsp3) is 0.375. The smallest absolute Gasteiger partial charge is 0.178 e. The van der Waals surface area contributed by atoms with Crippen molar-refractivity contribution in [2.24, 2.45) is 0 Å². The predicted octanol–water partition coefficient (Wildman–Crippen LogP) is 7.00. The fourth-order valence-electron chi connectivity index (χ4n) is 5.57. The third kappa shape index (κ3) is 5.30. The first kappa shape index (κ1) is 26.0. The Morgan fingerprint density at radius 2 is 1.65 bits per heavy atom. The van der Waals surface area contributed by atoms with Gasteiger partial charge in [-0.15, -0.1) is 5.10 Å². The number of fused-ring (bicyclic) bond motifs is 1. The van der Waals surface area contributed by atoms with Crippen molar-refractivity contribution in [3.8, 4) is 11.3 Å². The maximum atomic E-state index is 5.04. The van der Waals surface area contributed by atoms with Gasteiger partial charge in [-0.05, 0) is 80.8 Å². The van der Waals surface area contributed by atoms with Crippen molar-refractivity contribution in [1.29, 1.82) is 0 Å². The number of imidazole rings is 1. The zero-order valence-electron chi connectivity index (χ0n) is 23.8. The summed E-state index contributed by atoms with van der Waals surface area (Å²) in [6.07, 6.45) is 8.39. The van der Waals surface area contributed by atoms with E-state index in [1.54, 1.807) is 0 Å². The lowest BCUT2D eigenvalue weighted by Gasteiger charge is -2.26. The number of benzene rings is 2. The molecule has 0 amide bonds. The molecule has 40 heavy (non-hydrogen) atoms. The van der Waals surface area contributed by atoms with Gasteiger partial charge in [0.05, 0.1) is 5.54 Å². The number of nitrogens with one attached hydrogen (secondary N) is 2. The average molecular weight is 535 g/mol. The van der Waals surface area contributed by atoms with E-state index in [0.717, 1.165) is 39.8 Å². The van der Waals surface area contributed by atoms with Crippen molar-refractivity contribution < 1.29 is 0 Å². The van der Waals surface area contributed by atoms with Crippen LogP contribution >= 0.6 is 0 Å². The lowest BCUT2D eigenvalue weighted by Crippen LogP contribution is -2.29. The molecule has 206 valence electrons. The summed E-state index contributed by atoms with van der Waals surface area (Å²) in [6.45, 7) is 8.44. The van der Waals surface area contributed by atoms with Gasteiger partial charge in [0.2, 0.25) is 0 Å². The van der Waals surface area contributed by atoms with E-state index in [2.05, 4.69) is 125 Å². The Bertz CT molecular complexity index is 1570. The first-order chi connectivity index (χ1) is 19.4. The van der Waals surface area contributed by atoms with Crippen LogP contribution in [0.3, 0.4) is 0 Å². The first-order valence-corrected chi connectivity index (χ1v) is 14.3. The molecule has 1 aliphatic carbocycles. The number of aromatic nitrogens is 6. The minimum atomic E-state index is -0.262. The maximum absolute atomic E-state index is 5.04. The third-order valence-electron chi connectivity index (χ3n) is 7.74. The highest BCUT2D eigenvalue weighted by molar-refractivity contribution is 5.77. The van der Waals surface area contributed by atoms with E-state index in [1.165, 1.54) is 37.7 Å². The number of hydrogen-bond donors (Lipinski definition) is 2. The Morgan fingerprint density at radius 3 is 2.38 bits per heavy atom.